The van der Waals surface area contributed by atoms with Gasteiger partial charge in [-0.25, -0.2) is 4.98 Å². The Hall–Kier alpha value is -1.86. The Bertz CT molecular complexity index is 528. The van der Waals surface area contributed by atoms with Crippen molar-refractivity contribution >= 4 is 17.7 Å². The molecule has 20 heavy (non-hydrogen) atoms. The third-order valence-corrected chi connectivity index (χ3v) is 3.55. The number of aromatic nitrogens is 3. The Kier molecular flexibility index (Phi) is 5.57. The molecule has 1 aromatic carbocycles. The average Bonchev–Trinajstić information content (AvgIpc) is 2.99. The van der Waals surface area contributed by atoms with Crippen molar-refractivity contribution in [2.24, 2.45) is 0 Å². The third-order valence-electron chi connectivity index (χ3n) is 2.61. The molecule has 0 bridgehead atoms. The molecule has 0 saturated carbocycles. The van der Waals surface area contributed by atoms with Crippen LogP contribution in [0, 0.1) is 0 Å². The van der Waals surface area contributed by atoms with Crippen LogP contribution in [0.2, 0.25) is 0 Å². The Morgan fingerprint density at radius 2 is 2.15 bits per heavy atom. The summed E-state index contributed by atoms with van der Waals surface area (Å²) in [5, 5.41) is 18.7. The van der Waals surface area contributed by atoms with Crippen LogP contribution in [-0.4, -0.2) is 39.3 Å². The lowest BCUT2D eigenvalue weighted by molar-refractivity contribution is 0.0951. The predicted molar refractivity (Wildman–Crippen MR) is 76.4 cm³/mol. The molecule has 0 fully saturated rings. The molecular weight excluding hydrogens is 276 g/mol. The van der Waals surface area contributed by atoms with E-state index < -0.39 is 0 Å². The van der Waals surface area contributed by atoms with E-state index in [-0.39, 0.29) is 12.5 Å². The maximum Gasteiger partial charge on any atom is 0.251 e. The zero-order valence-electron chi connectivity index (χ0n) is 10.9. The minimum Gasteiger partial charge on any atom is -0.396 e. The summed E-state index contributed by atoms with van der Waals surface area (Å²) in [5.74, 6) is 0.648. The number of carbonyl (C=O) groups excluding carboxylic acids is 1. The van der Waals surface area contributed by atoms with Gasteiger partial charge >= 0.3 is 0 Å². The number of H-pyrrole nitrogens is 1. The van der Waals surface area contributed by atoms with Gasteiger partial charge in [-0.1, -0.05) is 23.9 Å². The van der Waals surface area contributed by atoms with Crippen molar-refractivity contribution in [2.45, 2.75) is 17.3 Å². The molecule has 0 aliphatic heterocycles. The number of thioether (sulfide) groups is 1. The molecule has 1 aromatic heterocycles. The number of rotatable bonds is 7. The van der Waals surface area contributed by atoms with Gasteiger partial charge < -0.3 is 10.4 Å². The number of aliphatic hydroxyl groups excluding tert-OH is 1. The van der Waals surface area contributed by atoms with Crippen LogP contribution in [0.15, 0.2) is 35.7 Å². The van der Waals surface area contributed by atoms with Crippen molar-refractivity contribution in [1.82, 2.24) is 20.5 Å². The second kappa shape index (κ2) is 7.66. The quantitative estimate of drug-likeness (QED) is 0.527. The molecule has 3 N–H and O–H groups in total. The van der Waals surface area contributed by atoms with E-state index in [1.54, 1.807) is 23.9 Å². The minimum absolute atomic E-state index is 0.0814. The van der Waals surface area contributed by atoms with Crippen molar-refractivity contribution < 1.29 is 9.90 Å². The first-order chi connectivity index (χ1) is 9.79. The summed E-state index contributed by atoms with van der Waals surface area (Å²) in [6.07, 6.45) is 2.04. The van der Waals surface area contributed by atoms with Crippen molar-refractivity contribution in [2.75, 3.05) is 13.2 Å². The molecule has 0 unspecified atom stereocenters. The fourth-order valence-corrected chi connectivity index (χ4v) is 2.29. The zero-order chi connectivity index (χ0) is 14.2. The maximum absolute atomic E-state index is 11.8. The Morgan fingerprint density at radius 3 is 2.80 bits per heavy atom. The molecule has 0 aliphatic carbocycles. The zero-order valence-corrected chi connectivity index (χ0v) is 11.7. The summed E-state index contributed by atoms with van der Waals surface area (Å²) >= 11 is 1.55. The van der Waals surface area contributed by atoms with Gasteiger partial charge in [0.1, 0.15) is 6.33 Å². The second-order valence-corrected chi connectivity index (χ2v) is 5.07. The normalized spacial score (nSPS) is 10.4. The third kappa shape index (κ3) is 4.36. The standard InChI is InChI=1S/C13H16N4O2S/c18-7-1-6-14-12(19)11-4-2-10(3-5-11)8-20-13-15-9-16-17-13/h2-5,9,18H,1,6-8H2,(H,14,19)(H,15,16,17). The first-order valence-electron chi connectivity index (χ1n) is 6.26. The number of amides is 1. The van der Waals surface area contributed by atoms with Gasteiger partial charge in [-0.2, -0.15) is 5.10 Å². The number of hydrogen-bond acceptors (Lipinski definition) is 5. The molecule has 0 atom stereocenters. The van der Waals surface area contributed by atoms with Crippen LogP contribution in [0.5, 0.6) is 0 Å². The smallest absolute Gasteiger partial charge is 0.251 e. The Balaban J connectivity index is 1.84. The van der Waals surface area contributed by atoms with E-state index in [1.807, 2.05) is 12.1 Å². The van der Waals surface area contributed by atoms with Gasteiger partial charge in [0.2, 0.25) is 0 Å². The molecule has 0 spiro atoms. The van der Waals surface area contributed by atoms with E-state index in [4.69, 9.17) is 5.11 Å². The number of nitrogens with zero attached hydrogens (tertiary/aromatic N) is 2. The number of aromatic amines is 1. The molecule has 106 valence electrons. The molecule has 0 radical (unpaired) electrons. The molecule has 2 aromatic rings. The first kappa shape index (κ1) is 14.5. The van der Waals surface area contributed by atoms with E-state index in [0.717, 1.165) is 16.5 Å². The van der Waals surface area contributed by atoms with Gasteiger partial charge in [0.05, 0.1) is 0 Å². The highest BCUT2D eigenvalue weighted by atomic mass is 32.2. The fraction of sp³-hybridized carbons (Fsp3) is 0.308. The number of benzene rings is 1. The highest BCUT2D eigenvalue weighted by Gasteiger charge is 2.05. The topological polar surface area (TPSA) is 90.9 Å². The van der Waals surface area contributed by atoms with Crippen LogP contribution in [0.1, 0.15) is 22.3 Å². The maximum atomic E-state index is 11.8. The molecular formula is C13H16N4O2S. The van der Waals surface area contributed by atoms with E-state index in [9.17, 15) is 4.79 Å². The predicted octanol–water partition coefficient (Wildman–Crippen LogP) is 1.21. The van der Waals surface area contributed by atoms with Crippen LogP contribution in [0.25, 0.3) is 0 Å². The van der Waals surface area contributed by atoms with Crippen LogP contribution in [-0.2, 0) is 5.75 Å². The van der Waals surface area contributed by atoms with Gasteiger partial charge in [0.15, 0.2) is 5.16 Å². The average molecular weight is 292 g/mol. The summed E-state index contributed by atoms with van der Waals surface area (Å²) in [6, 6.07) is 7.43. The van der Waals surface area contributed by atoms with Gasteiger partial charge in [0.25, 0.3) is 5.91 Å². The molecule has 7 heteroatoms. The summed E-state index contributed by atoms with van der Waals surface area (Å²) in [6.45, 7) is 0.566. The lowest BCUT2D eigenvalue weighted by Crippen LogP contribution is -2.24. The van der Waals surface area contributed by atoms with Crippen molar-refractivity contribution in [1.29, 1.82) is 0 Å². The summed E-state index contributed by atoms with van der Waals surface area (Å²) in [5.41, 5.74) is 1.73. The number of aliphatic hydroxyl groups is 1. The van der Waals surface area contributed by atoms with E-state index in [1.165, 1.54) is 6.33 Å². The summed E-state index contributed by atoms with van der Waals surface area (Å²) in [7, 11) is 0. The number of hydrogen-bond donors (Lipinski definition) is 3. The summed E-state index contributed by atoms with van der Waals surface area (Å²) in [4.78, 5) is 15.8. The molecule has 1 amide bonds. The number of nitrogens with one attached hydrogen (secondary N) is 2. The lowest BCUT2D eigenvalue weighted by Gasteiger charge is -2.05. The van der Waals surface area contributed by atoms with Gasteiger partial charge in [-0.3, -0.25) is 9.89 Å². The molecule has 6 nitrogen and oxygen atoms in total. The second-order valence-electron chi connectivity index (χ2n) is 4.11. The van der Waals surface area contributed by atoms with E-state index in [0.29, 0.717) is 18.5 Å². The first-order valence-corrected chi connectivity index (χ1v) is 7.24. The van der Waals surface area contributed by atoms with Crippen molar-refractivity contribution in [3.05, 3.63) is 41.7 Å². The van der Waals surface area contributed by atoms with E-state index >= 15 is 0 Å². The highest BCUT2D eigenvalue weighted by Crippen LogP contribution is 2.18. The van der Waals surface area contributed by atoms with Crippen LogP contribution >= 0.6 is 11.8 Å². The molecule has 0 aliphatic rings. The van der Waals surface area contributed by atoms with Gasteiger partial charge in [-0.05, 0) is 24.1 Å². The summed E-state index contributed by atoms with van der Waals surface area (Å²) < 4.78 is 0. The number of carbonyl (C=O) groups is 1. The Labute approximate surface area is 121 Å². The lowest BCUT2D eigenvalue weighted by atomic mass is 10.1. The largest absolute Gasteiger partial charge is 0.396 e. The van der Waals surface area contributed by atoms with Crippen molar-refractivity contribution in [3.8, 4) is 0 Å². The SMILES string of the molecule is O=C(NCCCO)c1ccc(CSc2ncn[nH]2)cc1. The minimum atomic E-state index is -0.118. The van der Waals surface area contributed by atoms with Crippen molar-refractivity contribution in [3.63, 3.8) is 0 Å². The highest BCUT2D eigenvalue weighted by molar-refractivity contribution is 7.98. The molecule has 1 heterocycles. The van der Waals surface area contributed by atoms with E-state index in [2.05, 4.69) is 20.5 Å². The van der Waals surface area contributed by atoms with Gasteiger partial charge in [0, 0.05) is 24.5 Å². The van der Waals surface area contributed by atoms with Gasteiger partial charge in [-0.15, -0.1) is 0 Å². The monoisotopic (exact) mass is 292 g/mol. The molecule has 0 saturated heterocycles. The van der Waals surface area contributed by atoms with Crippen LogP contribution < -0.4 is 5.32 Å². The van der Waals surface area contributed by atoms with Crippen LogP contribution in [0.4, 0.5) is 0 Å². The molecule has 2 rings (SSSR count). The Morgan fingerprint density at radius 1 is 1.35 bits per heavy atom. The van der Waals surface area contributed by atoms with Crippen LogP contribution in [0.3, 0.4) is 0 Å². The fourth-order valence-electron chi connectivity index (χ4n) is 1.55.